The van der Waals surface area contributed by atoms with Gasteiger partial charge in [0.05, 0.1) is 5.69 Å². The molecule has 0 fully saturated rings. The molecule has 1 aliphatic carbocycles. The summed E-state index contributed by atoms with van der Waals surface area (Å²) >= 11 is 0. The van der Waals surface area contributed by atoms with Crippen molar-refractivity contribution in [2.75, 3.05) is 4.90 Å². The summed E-state index contributed by atoms with van der Waals surface area (Å²) in [5.74, 6) is 0. The van der Waals surface area contributed by atoms with E-state index in [-0.39, 0.29) is 5.41 Å². The smallest absolute Gasteiger partial charge is 0.143 e. The van der Waals surface area contributed by atoms with E-state index in [0.29, 0.717) is 0 Å². The Bertz CT molecular complexity index is 2760. The lowest BCUT2D eigenvalue weighted by Crippen LogP contribution is -2.16. The monoisotopic (exact) mass is 653 g/mol. The number of anilines is 3. The molecule has 8 aromatic carbocycles. The van der Waals surface area contributed by atoms with Crippen LogP contribution in [-0.4, -0.2) is 0 Å². The fourth-order valence-electron chi connectivity index (χ4n) is 8.31. The minimum atomic E-state index is -0.121. The maximum absolute atomic E-state index is 6.89. The zero-order valence-corrected chi connectivity index (χ0v) is 28.6. The van der Waals surface area contributed by atoms with E-state index in [9.17, 15) is 0 Å². The number of hydrogen-bond donors (Lipinski definition) is 0. The van der Waals surface area contributed by atoms with Gasteiger partial charge in [0.2, 0.25) is 0 Å². The minimum Gasteiger partial charge on any atom is -0.455 e. The zero-order chi connectivity index (χ0) is 34.1. The van der Waals surface area contributed by atoms with Crippen LogP contribution in [0.1, 0.15) is 25.0 Å². The van der Waals surface area contributed by atoms with Crippen LogP contribution < -0.4 is 4.90 Å². The van der Waals surface area contributed by atoms with E-state index in [1.165, 1.54) is 38.8 Å². The molecule has 1 aliphatic rings. The highest BCUT2D eigenvalue weighted by atomic mass is 16.3. The van der Waals surface area contributed by atoms with Gasteiger partial charge >= 0.3 is 0 Å². The highest BCUT2D eigenvalue weighted by molar-refractivity contribution is 6.20. The Morgan fingerprint density at radius 3 is 1.88 bits per heavy atom. The quantitative estimate of drug-likeness (QED) is 0.184. The molecular formula is C49H35NO. The molecule has 0 radical (unpaired) electrons. The Hall–Kier alpha value is -6.38. The van der Waals surface area contributed by atoms with Gasteiger partial charge in [-0.2, -0.15) is 0 Å². The summed E-state index contributed by atoms with van der Waals surface area (Å²) in [7, 11) is 0. The Labute approximate surface area is 297 Å². The highest BCUT2D eigenvalue weighted by Gasteiger charge is 2.35. The molecule has 2 heteroatoms. The van der Waals surface area contributed by atoms with Crippen molar-refractivity contribution in [1.29, 1.82) is 0 Å². The van der Waals surface area contributed by atoms with Crippen LogP contribution in [0.15, 0.2) is 180 Å². The highest BCUT2D eigenvalue weighted by Crippen LogP contribution is 2.51. The van der Waals surface area contributed by atoms with Gasteiger partial charge < -0.3 is 9.32 Å². The predicted molar refractivity (Wildman–Crippen MR) is 214 cm³/mol. The molecule has 2 nitrogen and oxygen atoms in total. The van der Waals surface area contributed by atoms with Crippen molar-refractivity contribution in [2.24, 2.45) is 0 Å². The van der Waals surface area contributed by atoms with Crippen LogP contribution in [-0.2, 0) is 5.41 Å². The van der Waals surface area contributed by atoms with Crippen molar-refractivity contribution in [3.8, 4) is 33.4 Å². The molecule has 0 bridgehead atoms. The Morgan fingerprint density at radius 1 is 0.431 bits per heavy atom. The van der Waals surface area contributed by atoms with Gasteiger partial charge in [-0.3, -0.25) is 0 Å². The summed E-state index contributed by atoms with van der Waals surface area (Å²) in [5, 5.41) is 4.56. The lowest BCUT2D eigenvalue weighted by atomic mass is 9.82. The molecule has 0 atom stereocenters. The van der Waals surface area contributed by atoms with E-state index in [2.05, 4.69) is 195 Å². The van der Waals surface area contributed by atoms with Crippen molar-refractivity contribution in [1.82, 2.24) is 0 Å². The molecule has 1 aromatic heterocycles. The summed E-state index contributed by atoms with van der Waals surface area (Å²) in [6, 6.07) is 63.6. The molecule has 10 rings (SSSR count). The number of nitrogens with zero attached hydrogens (tertiary/aromatic N) is 1. The Morgan fingerprint density at radius 2 is 1.08 bits per heavy atom. The summed E-state index contributed by atoms with van der Waals surface area (Å²) in [6.07, 6.45) is 0. The first kappa shape index (κ1) is 29.5. The predicted octanol–water partition coefficient (Wildman–Crippen LogP) is 13.8. The summed E-state index contributed by atoms with van der Waals surface area (Å²) in [4.78, 5) is 2.39. The molecule has 51 heavy (non-hydrogen) atoms. The molecule has 0 saturated carbocycles. The lowest BCUT2D eigenvalue weighted by Gasteiger charge is -2.28. The normalized spacial score (nSPS) is 13.1. The third-order valence-electron chi connectivity index (χ3n) is 10.8. The largest absolute Gasteiger partial charge is 0.455 e. The SMILES string of the molecule is CC1(C)c2ccccc2-c2ccc(N(c3ccc(-c4ccccc4)cc3)c3cc(-c4ccccc4)c4c(c3)oc3c5ccccc5ccc34)cc21. The van der Waals surface area contributed by atoms with Crippen molar-refractivity contribution >= 4 is 49.8 Å². The third-order valence-corrected chi connectivity index (χ3v) is 10.8. The number of hydrogen-bond acceptors (Lipinski definition) is 2. The average molecular weight is 654 g/mol. The van der Waals surface area contributed by atoms with E-state index in [1.807, 2.05) is 0 Å². The summed E-state index contributed by atoms with van der Waals surface area (Å²) in [5.41, 5.74) is 15.0. The second-order valence-electron chi connectivity index (χ2n) is 14.1. The van der Waals surface area contributed by atoms with Gasteiger partial charge in [-0.1, -0.05) is 147 Å². The molecule has 0 N–H and O–H groups in total. The topological polar surface area (TPSA) is 16.4 Å². The molecule has 0 amide bonds. The van der Waals surface area contributed by atoms with Gasteiger partial charge in [-0.05, 0) is 86.3 Å². The molecule has 0 aliphatic heterocycles. The van der Waals surface area contributed by atoms with Gasteiger partial charge in [-0.15, -0.1) is 0 Å². The van der Waals surface area contributed by atoms with Crippen LogP contribution in [0.4, 0.5) is 17.1 Å². The molecule has 242 valence electrons. The Balaban J connectivity index is 1.23. The number of furan rings is 1. The van der Waals surface area contributed by atoms with Crippen LogP contribution >= 0.6 is 0 Å². The van der Waals surface area contributed by atoms with Crippen LogP contribution in [0.25, 0.3) is 66.1 Å². The molecule has 0 spiro atoms. The fourth-order valence-corrected chi connectivity index (χ4v) is 8.31. The standard InChI is InChI=1S/C49H35NO/c1-49(2)44-20-12-11-19-40(44)41-28-26-37(30-45(41)49)50(36-24-21-33(22-25-36)32-13-5-3-6-14-32)38-29-43(34-15-7-4-8-16-34)47-42-27-23-35-17-9-10-18-39(35)48(42)51-46(47)31-38/h3-31H,1-2H3. The Kier molecular flexibility index (Phi) is 6.56. The van der Waals surface area contributed by atoms with E-state index in [4.69, 9.17) is 4.42 Å². The van der Waals surface area contributed by atoms with Gasteiger partial charge in [0.1, 0.15) is 11.2 Å². The third kappa shape index (κ3) is 4.64. The average Bonchev–Trinajstić information content (AvgIpc) is 3.68. The maximum atomic E-state index is 6.89. The van der Waals surface area contributed by atoms with E-state index < -0.39 is 0 Å². The van der Waals surface area contributed by atoms with E-state index in [0.717, 1.165) is 55.5 Å². The minimum absolute atomic E-state index is 0.121. The van der Waals surface area contributed by atoms with Crippen molar-refractivity contribution < 1.29 is 4.42 Å². The van der Waals surface area contributed by atoms with Crippen LogP contribution in [0.2, 0.25) is 0 Å². The zero-order valence-electron chi connectivity index (χ0n) is 28.6. The second-order valence-corrected chi connectivity index (χ2v) is 14.1. The van der Waals surface area contributed by atoms with Gasteiger partial charge in [0, 0.05) is 39.0 Å². The van der Waals surface area contributed by atoms with Gasteiger partial charge in [0.25, 0.3) is 0 Å². The first-order valence-electron chi connectivity index (χ1n) is 17.7. The first-order valence-corrected chi connectivity index (χ1v) is 17.7. The number of fused-ring (bicyclic) bond motifs is 8. The van der Waals surface area contributed by atoms with Crippen LogP contribution in [0, 0.1) is 0 Å². The maximum Gasteiger partial charge on any atom is 0.143 e. The van der Waals surface area contributed by atoms with Crippen molar-refractivity contribution in [2.45, 2.75) is 19.3 Å². The summed E-state index contributed by atoms with van der Waals surface area (Å²) < 4.78 is 6.89. The van der Waals surface area contributed by atoms with Crippen molar-refractivity contribution in [3.05, 3.63) is 187 Å². The lowest BCUT2D eigenvalue weighted by molar-refractivity contribution is 0.660. The molecule has 0 saturated heterocycles. The van der Waals surface area contributed by atoms with Gasteiger partial charge in [0.15, 0.2) is 0 Å². The fraction of sp³-hybridized carbons (Fsp3) is 0.0612. The number of benzene rings is 8. The van der Waals surface area contributed by atoms with E-state index >= 15 is 0 Å². The number of rotatable bonds is 5. The van der Waals surface area contributed by atoms with E-state index in [1.54, 1.807) is 0 Å². The van der Waals surface area contributed by atoms with Crippen LogP contribution in [0.3, 0.4) is 0 Å². The second kappa shape index (κ2) is 11.3. The molecule has 9 aromatic rings. The van der Waals surface area contributed by atoms with Crippen molar-refractivity contribution in [3.63, 3.8) is 0 Å². The molecular weight excluding hydrogens is 619 g/mol. The first-order chi connectivity index (χ1) is 25.0. The molecule has 1 heterocycles. The molecule has 0 unspecified atom stereocenters. The van der Waals surface area contributed by atoms with Gasteiger partial charge in [-0.25, -0.2) is 0 Å². The van der Waals surface area contributed by atoms with Crippen LogP contribution in [0.5, 0.6) is 0 Å². The summed E-state index contributed by atoms with van der Waals surface area (Å²) in [6.45, 7) is 4.69.